The van der Waals surface area contributed by atoms with Crippen LogP contribution in [0.15, 0.2) is 54.6 Å². The summed E-state index contributed by atoms with van der Waals surface area (Å²) < 4.78 is 58.9. The zero-order valence-corrected chi connectivity index (χ0v) is 26.5. The van der Waals surface area contributed by atoms with Crippen molar-refractivity contribution in [3.63, 3.8) is 0 Å². The molecule has 3 aromatic rings. The molecule has 48 heavy (non-hydrogen) atoms. The molecular weight excluding hydrogens is 628 g/mol. The highest BCUT2D eigenvalue weighted by Gasteiger charge is 2.56. The fourth-order valence-corrected chi connectivity index (χ4v) is 7.58. The zero-order chi connectivity index (χ0) is 33.1. The van der Waals surface area contributed by atoms with Crippen LogP contribution in [0.25, 0.3) is 0 Å². The van der Waals surface area contributed by atoms with Crippen molar-refractivity contribution in [2.45, 2.75) is 49.0 Å². The lowest BCUT2D eigenvalue weighted by Gasteiger charge is -2.48. The second-order valence-corrected chi connectivity index (χ2v) is 12.3. The molecule has 4 heterocycles. The first-order chi connectivity index (χ1) is 23.4. The number of carbonyl (C=O) groups is 1. The van der Waals surface area contributed by atoms with E-state index in [1.54, 1.807) is 0 Å². The number of aliphatic hydroxyl groups excluding tert-OH is 2. The first-order valence-electron chi connectivity index (χ1n) is 15.8. The van der Waals surface area contributed by atoms with Crippen LogP contribution >= 0.6 is 0 Å². The Bertz CT molecular complexity index is 1650. The molecule has 3 saturated heterocycles. The summed E-state index contributed by atoms with van der Waals surface area (Å²) in [4.78, 5) is 13.6. The Balaban J connectivity index is 1.15. The first-order valence-corrected chi connectivity index (χ1v) is 15.8. The summed E-state index contributed by atoms with van der Waals surface area (Å²) in [5.74, 6) is 0.203. The standard InChI is InChI=1S/C35H36O13/c1-39-23-9-17(10-24(40-2)31(23)41-3)26-18-11-21-22(45-15-44-21)12-19(18)30(20-13-42-33(38)27(20)26)47-35-29(37)28(36)32-25(46-35)14-43-34(48-32)16-7-5-4-6-8-16/h4-12,20,25-30,32,34-37H,13-15H2,1-3H3. The highest BCUT2D eigenvalue weighted by atomic mass is 16.8. The molecule has 13 nitrogen and oxygen atoms in total. The van der Waals surface area contributed by atoms with Gasteiger partial charge < -0.3 is 57.6 Å². The van der Waals surface area contributed by atoms with Crippen molar-refractivity contribution in [1.29, 1.82) is 0 Å². The van der Waals surface area contributed by atoms with Crippen molar-refractivity contribution in [3.05, 3.63) is 76.9 Å². The number of hydrogen-bond acceptors (Lipinski definition) is 13. The van der Waals surface area contributed by atoms with Gasteiger partial charge in [0, 0.05) is 17.4 Å². The van der Waals surface area contributed by atoms with E-state index in [0.717, 1.165) is 16.7 Å². The molecular formula is C35H36O13. The van der Waals surface area contributed by atoms with Gasteiger partial charge in [-0.3, -0.25) is 4.79 Å². The second kappa shape index (κ2) is 12.4. The lowest BCUT2D eigenvalue weighted by Crippen LogP contribution is -2.62. The van der Waals surface area contributed by atoms with Crippen molar-refractivity contribution in [2.24, 2.45) is 11.8 Å². The molecule has 0 saturated carbocycles. The molecule has 8 rings (SSSR count). The van der Waals surface area contributed by atoms with E-state index < -0.39 is 66.8 Å². The average molecular weight is 665 g/mol. The van der Waals surface area contributed by atoms with Crippen LogP contribution < -0.4 is 23.7 Å². The van der Waals surface area contributed by atoms with Gasteiger partial charge in [0.05, 0.1) is 46.6 Å². The van der Waals surface area contributed by atoms with E-state index in [2.05, 4.69) is 0 Å². The number of hydrogen-bond donors (Lipinski definition) is 2. The molecule has 3 fully saturated rings. The van der Waals surface area contributed by atoms with Crippen LogP contribution in [0.2, 0.25) is 0 Å². The highest BCUT2D eigenvalue weighted by molar-refractivity contribution is 5.79. The molecule has 13 heteroatoms. The summed E-state index contributed by atoms with van der Waals surface area (Å²) in [6, 6.07) is 16.7. The third kappa shape index (κ3) is 5.04. The Kier molecular flexibility index (Phi) is 8.06. The number of esters is 1. The highest BCUT2D eigenvalue weighted by Crippen LogP contribution is 2.57. The zero-order valence-electron chi connectivity index (χ0n) is 26.5. The SMILES string of the molecule is COc1cc(C2c3cc4c(cc3C(OC3OC5COC(c6ccccc6)OC5C(O)C3O)C3COC(=O)C23)OCO4)cc(OC)c1OC. The molecule has 10 atom stereocenters. The Morgan fingerprint density at radius 2 is 1.48 bits per heavy atom. The van der Waals surface area contributed by atoms with Crippen LogP contribution in [0.3, 0.4) is 0 Å². The smallest absolute Gasteiger partial charge is 0.310 e. The minimum absolute atomic E-state index is 0.0389. The maximum atomic E-state index is 13.6. The fraction of sp³-hybridized carbons (Fsp3) is 0.457. The summed E-state index contributed by atoms with van der Waals surface area (Å²) >= 11 is 0. The number of rotatable bonds is 7. The van der Waals surface area contributed by atoms with Gasteiger partial charge >= 0.3 is 5.97 Å². The normalized spacial score (nSPS) is 33.2. The van der Waals surface area contributed by atoms with E-state index in [1.807, 2.05) is 54.6 Å². The lowest BCUT2D eigenvalue weighted by atomic mass is 9.66. The molecule has 254 valence electrons. The Labute approximate surface area is 276 Å². The first kappa shape index (κ1) is 31.2. The number of methoxy groups -OCH3 is 3. The van der Waals surface area contributed by atoms with Crippen LogP contribution in [0.1, 0.15) is 40.6 Å². The Hall–Kier alpha value is -4.11. The molecule has 10 unspecified atom stereocenters. The van der Waals surface area contributed by atoms with E-state index in [1.165, 1.54) is 21.3 Å². The van der Waals surface area contributed by atoms with Crippen LogP contribution in [0.5, 0.6) is 28.7 Å². The summed E-state index contributed by atoms with van der Waals surface area (Å²) in [6.45, 7) is 0.202. The van der Waals surface area contributed by atoms with Gasteiger partial charge in [-0.1, -0.05) is 30.3 Å². The number of cyclic esters (lactones) is 1. The van der Waals surface area contributed by atoms with Crippen LogP contribution in [-0.4, -0.2) is 88.2 Å². The molecule has 4 aliphatic heterocycles. The number of benzene rings is 3. The van der Waals surface area contributed by atoms with Crippen LogP contribution in [0.4, 0.5) is 0 Å². The molecule has 0 aromatic heterocycles. The summed E-state index contributed by atoms with van der Waals surface area (Å²) in [7, 11) is 4.59. The van der Waals surface area contributed by atoms with Crippen molar-refractivity contribution >= 4 is 5.97 Å². The lowest BCUT2D eigenvalue weighted by molar-refractivity contribution is -0.369. The molecule has 0 radical (unpaired) electrons. The molecule has 1 aliphatic carbocycles. The minimum atomic E-state index is -1.47. The van der Waals surface area contributed by atoms with Gasteiger partial charge in [0.25, 0.3) is 0 Å². The monoisotopic (exact) mass is 664 g/mol. The predicted molar refractivity (Wildman–Crippen MR) is 163 cm³/mol. The van der Waals surface area contributed by atoms with E-state index in [-0.39, 0.29) is 20.0 Å². The van der Waals surface area contributed by atoms with Crippen molar-refractivity contribution in [2.75, 3.05) is 41.3 Å². The van der Waals surface area contributed by atoms with Crippen molar-refractivity contribution < 1.29 is 62.4 Å². The summed E-state index contributed by atoms with van der Waals surface area (Å²) in [6.07, 6.45) is -7.19. The number of carbonyl (C=O) groups excluding carboxylic acids is 1. The molecule has 0 bridgehead atoms. The van der Waals surface area contributed by atoms with E-state index in [0.29, 0.717) is 34.3 Å². The van der Waals surface area contributed by atoms with Gasteiger partial charge in [0.1, 0.15) is 24.4 Å². The minimum Gasteiger partial charge on any atom is -0.493 e. The molecule has 0 spiro atoms. The van der Waals surface area contributed by atoms with Gasteiger partial charge in [-0.25, -0.2) is 0 Å². The molecule has 5 aliphatic rings. The quantitative estimate of drug-likeness (QED) is 0.357. The van der Waals surface area contributed by atoms with Gasteiger partial charge in [0.2, 0.25) is 12.5 Å². The number of ether oxygens (including phenoxy) is 10. The fourth-order valence-electron chi connectivity index (χ4n) is 7.58. The van der Waals surface area contributed by atoms with Crippen LogP contribution in [0, 0.1) is 11.8 Å². The van der Waals surface area contributed by atoms with Crippen LogP contribution in [-0.2, 0) is 28.5 Å². The Morgan fingerprint density at radius 1 is 0.771 bits per heavy atom. The maximum Gasteiger partial charge on any atom is 0.310 e. The number of fused-ring (bicyclic) bond motifs is 4. The summed E-state index contributed by atoms with van der Waals surface area (Å²) in [5, 5.41) is 22.6. The van der Waals surface area contributed by atoms with E-state index in [4.69, 9.17) is 47.4 Å². The van der Waals surface area contributed by atoms with E-state index >= 15 is 0 Å². The number of aliphatic hydroxyl groups is 2. The van der Waals surface area contributed by atoms with Gasteiger partial charge in [-0.2, -0.15) is 0 Å². The average Bonchev–Trinajstić information content (AvgIpc) is 3.75. The second-order valence-electron chi connectivity index (χ2n) is 12.3. The van der Waals surface area contributed by atoms with Gasteiger partial charge in [0.15, 0.2) is 35.6 Å². The van der Waals surface area contributed by atoms with Crippen molar-refractivity contribution in [1.82, 2.24) is 0 Å². The topological polar surface area (TPSA) is 150 Å². The maximum absolute atomic E-state index is 13.6. The summed E-state index contributed by atoms with van der Waals surface area (Å²) in [5.41, 5.74) is 2.95. The van der Waals surface area contributed by atoms with Gasteiger partial charge in [-0.15, -0.1) is 0 Å². The molecule has 2 N–H and O–H groups in total. The van der Waals surface area contributed by atoms with Crippen molar-refractivity contribution in [3.8, 4) is 28.7 Å². The van der Waals surface area contributed by atoms with E-state index in [9.17, 15) is 15.0 Å². The largest absolute Gasteiger partial charge is 0.493 e. The molecule has 0 amide bonds. The van der Waals surface area contributed by atoms with Gasteiger partial charge in [-0.05, 0) is 41.0 Å². The third-order valence-electron chi connectivity index (χ3n) is 9.85. The third-order valence-corrected chi connectivity index (χ3v) is 9.85. The molecule has 3 aromatic carbocycles. The predicted octanol–water partition coefficient (Wildman–Crippen LogP) is 2.99. The Morgan fingerprint density at radius 3 is 2.17 bits per heavy atom.